The Morgan fingerprint density at radius 1 is 1.13 bits per heavy atom. The molecule has 0 aliphatic carbocycles. The van der Waals surface area contributed by atoms with Crippen molar-refractivity contribution >= 4 is 22.5 Å². The van der Waals surface area contributed by atoms with Crippen LogP contribution in [0.2, 0.25) is 0 Å². The van der Waals surface area contributed by atoms with Gasteiger partial charge in [0.2, 0.25) is 0 Å². The molecule has 0 saturated carbocycles. The molecular weight excluding hydrogens is 288 g/mol. The third-order valence-corrected chi connectivity index (χ3v) is 3.76. The van der Waals surface area contributed by atoms with Crippen molar-refractivity contribution in [1.29, 1.82) is 0 Å². The maximum absolute atomic E-state index is 12.2. The summed E-state index contributed by atoms with van der Waals surface area (Å²) in [6.07, 6.45) is 0. The number of H-pyrrole nitrogens is 1. The minimum Gasteiger partial charge on any atom is -0.483 e. The Balaban J connectivity index is 1.69. The molecule has 0 spiro atoms. The van der Waals surface area contributed by atoms with Crippen LogP contribution < -0.4 is 10.1 Å². The lowest BCUT2D eigenvalue weighted by atomic mass is 10.1. The first kappa shape index (κ1) is 15.2. The average molecular weight is 308 g/mol. The number of carbonyl (C=O) groups is 1. The Morgan fingerprint density at radius 2 is 1.96 bits per heavy atom. The monoisotopic (exact) mass is 308 g/mol. The van der Waals surface area contributed by atoms with E-state index in [4.69, 9.17) is 4.74 Å². The maximum atomic E-state index is 12.2. The van der Waals surface area contributed by atoms with E-state index in [1.54, 1.807) is 0 Å². The average Bonchev–Trinajstić information content (AvgIpc) is 2.88. The second-order valence-corrected chi connectivity index (χ2v) is 5.82. The van der Waals surface area contributed by atoms with Gasteiger partial charge in [0.1, 0.15) is 5.75 Å². The van der Waals surface area contributed by atoms with Crippen molar-refractivity contribution in [2.45, 2.75) is 20.8 Å². The molecule has 1 amide bonds. The molecule has 0 radical (unpaired) electrons. The van der Waals surface area contributed by atoms with Gasteiger partial charge in [0.05, 0.1) is 5.69 Å². The molecule has 3 aromatic rings. The van der Waals surface area contributed by atoms with Crippen LogP contribution >= 0.6 is 0 Å². The third-order valence-electron chi connectivity index (χ3n) is 3.76. The standard InChI is InChI=1S/C19H20N2O2/c1-12-7-8-18(13(2)9-12)23-11-19(22)21-17-6-4-5-16-15(17)10-14(3)20-16/h4-10,20H,11H2,1-3H3,(H,21,22). The number of hydrogen-bond acceptors (Lipinski definition) is 2. The van der Waals surface area contributed by atoms with Gasteiger partial charge in [-0.3, -0.25) is 4.79 Å². The molecule has 0 saturated heterocycles. The van der Waals surface area contributed by atoms with Crippen molar-refractivity contribution in [3.05, 3.63) is 59.3 Å². The highest BCUT2D eigenvalue weighted by Crippen LogP contribution is 2.24. The van der Waals surface area contributed by atoms with Gasteiger partial charge in [0, 0.05) is 16.6 Å². The first-order chi connectivity index (χ1) is 11.0. The SMILES string of the molecule is Cc1ccc(OCC(=O)Nc2cccc3[nH]c(C)cc23)c(C)c1. The van der Waals surface area contributed by atoms with Crippen LogP contribution in [0.4, 0.5) is 5.69 Å². The lowest BCUT2D eigenvalue weighted by Gasteiger charge is -2.10. The smallest absolute Gasteiger partial charge is 0.262 e. The summed E-state index contributed by atoms with van der Waals surface area (Å²) in [6.45, 7) is 5.99. The fraction of sp³-hybridized carbons (Fsp3) is 0.211. The van der Waals surface area contributed by atoms with Crippen molar-refractivity contribution in [3.63, 3.8) is 0 Å². The molecule has 4 nitrogen and oxygen atoms in total. The Hall–Kier alpha value is -2.75. The van der Waals surface area contributed by atoms with E-state index in [1.165, 1.54) is 5.56 Å². The van der Waals surface area contributed by atoms with Gasteiger partial charge in [-0.25, -0.2) is 0 Å². The Labute approximate surface area is 135 Å². The van der Waals surface area contributed by atoms with Crippen molar-refractivity contribution in [1.82, 2.24) is 4.98 Å². The van der Waals surface area contributed by atoms with Gasteiger partial charge >= 0.3 is 0 Å². The Morgan fingerprint density at radius 3 is 2.74 bits per heavy atom. The zero-order chi connectivity index (χ0) is 16.4. The number of anilines is 1. The number of nitrogens with one attached hydrogen (secondary N) is 2. The molecule has 1 heterocycles. The van der Waals surface area contributed by atoms with Crippen LogP contribution in [-0.2, 0) is 4.79 Å². The number of carbonyl (C=O) groups excluding carboxylic acids is 1. The predicted molar refractivity (Wildman–Crippen MR) is 93.1 cm³/mol. The highest BCUT2D eigenvalue weighted by Gasteiger charge is 2.09. The van der Waals surface area contributed by atoms with Crippen molar-refractivity contribution < 1.29 is 9.53 Å². The molecule has 23 heavy (non-hydrogen) atoms. The van der Waals surface area contributed by atoms with Crippen LogP contribution in [0.3, 0.4) is 0 Å². The summed E-state index contributed by atoms with van der Waals surface area (Å²) >= 11 is 0. The van der Waals surface area contributed by atoms with E-state index in [-0.39, 0.29) is 12.5 Å². The summed E-state index contributed by atoms with van der Waals surface area (Å²) in [6, 6.07) is 13.7. The number of benzene rings is 2. The molecule has 1 aromatic heterocycles. The molecule has 0 unspecified atom stereocenters. The normalized spacial score (nSPS) is 10.7. The highest BCUT2D eigenvalue weighted by atomic mass is 16.5. The number of fused-ring (bicyclic) bond motifs is 1. The third kappa shape index (κ3) is 3.37. The summed E-state index contributed by atoms with van der Waals surface area (Å²) in [5, 5.41) is 3.92. The zero-order valence-corrected chi connectivity index (χ0v) is 13.6. The molecule has 0 bridgehead atoms. The number of rotatable bonds is 4. The molecule has 0 atom stereocenters. The first-order valence-corrected chi connectivity index (χ1v) is 7.61. The fourth-order valence-electron chi connectivity index (χ4n) is 2.69. The topological polar surface area (TPSA) is 54.1 Å². The van der Waals surface area contributed by atoms with E-state index in [0.717, 1.165) is 33.6 Å². The minimum atomic E-state index is -0.170. The summed E-state index contributed by atoms with van der Waals surface area (Å²) in [5.41, 5.74) is 5.07. The first-order valence-electron chi connectivity index (χ1n) is 7.61. The van der Waals surface area contributed by atoms with E-state index in [9.17, 15) is 4.79 Å². The number of ether oxygens (including phenoxy) is 1. The van der Waals surface area contributed by atoms with Crippen molar-refractivity contribution in [2.24, 2.45) is 0 Å². The molecule has 2 aromatic carbocycles. The van der Waals surface area contributed by atoms with Crippen molar-refractivity contribution in [3.8, 4) is 5.75 Å². The van der Waals surface area contributed by atoms with E-state index >= 15 is 0 Å². The van der Waals surface area contributed by atoms with Crippen LogP contribution in [0, 0.1) is 20.8 Å². The number of aromatic amines is 1. The van der Waals surface area contributed by atoms with Crippen molar-refractivity contribution in [2.75, 3.05) is 11.9 Å². The second kappa shape index (κ2) is 6.16. The summed E-state index contributed by atoms with van der Waals surface area (Å²) in [4.78, 5) is 15.4. The fourth-order valence-corrected chi connectivity index (χ4v) is 2.69. The van der Waals surface area contributed by atoms with E-state index in [2.05, 4.69) is 10.3 Å². The van der Waals surface area contributed by atoms with Gasteiger partial charge in [-0.05, 0) is 50.6 Å². The molecule has 0 fully saturated rings. The van der Waals surface area contributed by atoms with Gasteiger partial charge in [-0.15, -0.1) is 0 Å². The quantitative estimate of drug-likeness (QED) is 0.762. The zero-order valence-electron chi connectivity index (χ0n) is 13.6. The van der Waals surface area contributed by atoms with E-state index in [1.807, 2.05) is 63.2 Å². The van der Waals surface area contributed by atoms with Crippen LogP contribution in [0.25, 0.3) is 10.9 Å². The molecular formula is C19H20N2O2. The molecule has 0 aliphatic heterocycles. The largest absolute Gasteiger partial charge is 0.483 e. The minimum absolute atomic E-state index is 0.0102. The number of amides is 1. The lowest BCUT2D eigenvalue weighted by Crippen LogP contribution is -2.20. The number of aromatic nitrogens is 1. The van der Waals surface area contributed by atoms with Crippen LogP contribution in [-0.4, -0.2) is 17.5 Å². The number of hydrogen-bond donors (Lipinski definition) is 2. The van der Waals surface area contributed by atoms with Gasteiger partial charge in [-0.2, -0.15) is 0 Å². The van der Waals surface area contributed by atoms with Gasteiger partial charge in [0.25, 0.3) is 5.91 Å². The molecule has 0 aliphatic rings. The molecule has 4 heteroatoms. The summed E-state index contributed by atoms with van der Waals surface area (Å²) in [7, 11) is 0. The second-order valence-electron chi connectivity index (χ2n) is 5.82. The lowest BCUT2D eigenvalue weighted by molar-refractivity contribution is -0.118. The maximum Gasteiger partial charge on any atom is 0.262 e. The summed E-state index contributed by atoms with van der Waals surface area (Å²) in [5.74, 6) is 0.567. The van der Waals surface area contributed by atoms with E-state index in [0.29, 0.717) is 0 Å². The predicted octanol–water partition coefficient (Wildman–Crippen LogP) is 4.11. The van der Waals surface area contributed by atoms with E-state index < -0.39 is 0 Å². The Bertz CT molecular complexity index is 865. The van der Waals surface area contributed by atoms with Crippen LogP contribution in [0.5, 0.6) is 5.75 Å². The molecule has 2 N–H and O–H groups in total. The highest BCUT2D eigenvalue weighted by molar-refractivity contribution is 6.02. The summed E-state index contributed by atoms with van der Waals surface area (Å²) < 4.78 is 5.62. The van der Waals surface area contributed by atoms with Gasteiger partial charge < -0.3 is 15.0 Å². The molecule has 118 valence electrons. The Kier molecular flexibility index (Phi) is 4.06. The molecule has 3 rings (SSSR count). The number of aryl methyl sites for hydroxylation is 3. The van der Waals surface area contributed by atoms with Crippen LogP contribution in [0.1, 0.15) is 16.8 Å². The van der Waals surface area contributed by atoms with Crippen LogP contribution in [0.15, 0.2) is 42.5 Å². The van der Waals surface area contributed by atoms with Gasteiger partial charge in [-0.1, -0.05) is 23.8 Å². The van der Waals surface area contributed by atoms with Gasteiger partial charge in [0.15, 0.2) is 6.61 Å².